The van der Waals surface area contributed by atoms with Crippen molar-refractivity contribution < 1.29 is 0 Å². The Kier molecular flexibility index (Phi) is 13.3. The molecule has 1 nitrogen and oxygen atoms in total. The molecule has 0 aliphatic rings. The summed E-state index contributed by atoms with van der Waals surface area (Å²) in [6, 6.07) is 0. The van der Waals surface area contributed by atoms with Gasteiger partial charge in [-0.05, 0) is 0 Å². The van der Waals surface area contributed by atoms with E-state index in [1.54, 1.807) is 7.05 Å². The van der Waals surface area contributed by atoms with E-state index in [2.05, 4.69) is 24.5 Å². The minimum Gasteiger partial charge on any atom is -0.384 e. The Morgan fingerprint density at radius 2 is 1.71 bits per heavy atom. The van der Waals surface area contributed by atoms with E-state index in [4.69, 9.17) is 0 Å². The molecule has 0 saturated carbocycles. The predicted molar refractivity (Wildman–Crippen MR) is 38.5 cm³/mol. The molecule has 7 heavy (non-hydrogen) atoms. The lowest BCUT2D eigenvalue weighted by molar-refractivity contribution is 1.09. The summed E-state index contributed by atoms with van der Waals surface area (Å²) >= 11 is 3.79. The lowest BCUT2D eigenvalue weighted by Crippen LogP contribution is -1.95. The van der Waals surface area contributed by atoms with Crippen molar-refractivity contribution in [3.8, 4) is 0 Å². The van der Waals surface area contributed by atoms with Crippen LogP contribution < -0.4 is 5.32 Å². The van der Waals surface area contributed by atoms with Crippen molar-refractivity contribution in [3.05, 3.63) is 11.6 Å². The minimum absolute atomic E-state index is 0.699. The van der Waals surface area contributed by atoms with E-state index in [0.717, 1.165) is 0 Å². The summed E-state index contributed by atoms with van der Waals surface area (Å²) in [6.45, 7) is 7.43. The summed E-state index contributed by atoms with van der Waals surface area (Å²) in [5, 5.41) is 3.40. The average molecular weight is 119 g/mol. The molecule has 2 heteroatoms. The van der Waals surface area contributed by atoms with Crippen LogP contribution >= 0.6 is 12.6 Å². The Bertz CT molecular complexity index is 43.3. The second-order valence-electron chi connectivity index (χ2n) is 0.697. The third-order valence-corrected chi connectivity index (χ3v) is 0.512. The van der Waals surface area contributed by atoms with Crippen molar-refractivity contribution in [1.29, 1.82) is 0 Å². The summed E-state index contributed by atoms with van der Waals surface area (Å²) in [5.41, 5.74) is 0. The van der Waals surface area contributed by atoms with Crippen LogP contribution in [0, 0.1) is 0 Å². The van der Waals surface area contributed by atoms with Gasteiger partial charge in [0.1, 0.15) is 0 Å². The Morgan fingerprint density at radius 3 is 1.71 bits per heavy atom. The fourth-order valence-electron chi connectivity index (χ4n) is 0. The van der Waals surface area contributed by atoms with E-state index in [9.17, 15) is 0 Å². The molecule has 0 heterocycles. The highest BCUT2D eigenvalue weighted by Crippen LogP contribution is 1.81. The zero-order chi connectivity index (χ0) is 6.28. The molecular formula is C5H13NS. The molecule has 44 valence electrons. The van der Waals surface area contributed by atoms with Crippen LogP contribution in [0.2, 0.25) is 0 Å². The standard InChI is InChI=1S/C3H7NS.C2H6/c1-3(5)4-2;1-2/h4-5H,1H2,2H3;1-2H3. The van der Waals surface area contributed by atoms with Gasteiger partial charge in [-0.3, -0.25) is 0 Å². The molecule has 0 amide bonds. The van der Waals surface area contributed by atoms with Crippen LogP contribution in [0.1, 0.15) is 13.8 Å². The van der Waals surface area contributed by atoms with Gasteiger partial charge in [0.05, 0.1) is 5.03 Å². The Labute approximate surface area is 51.2 Å². The first kappa shape index (κ1) is 10.00. The largest absolute Gasteiger partial charge is 0.384 e. The number of thiol groups is 1. The van der Waals surface area contributed by atoms with E-state index in [0.29, 0.717) is 5.03 Å². The number of hydrogen-bond donors (Lipinski definition) is 2. The van der Waals surface area contributed by atoms with Crippen molar-refractivity contribution in [2.75, 3.05) is 7.05 Å². The second-order valence-corrected chi connectivity index (χ2v) is 1.24. The fraction of sp³-hybridized carbons (Fsp3) is 0.600. The SMILES string of the molecule is C=C(S)NC.CC. The van der Waals surface area contributed by atoms with Gasteiger partial charge in [-0.1, -0.05) is 20.4 Å². The van der Waals surface area contributed by atoms with Crippen molar-refractivity contribution in [1.82, 2.24) is 5.32 Å². The van der Waals surface area contributed by atoms with Gasteiger partial charge in [0, 0.05) is 7.05 Å². The van der Waals surface area contributed by atoms with Crippen molar-refractivity contribution in [2.45, 2.75) is 13.8 Å². The zero-order valence-corrected chi connectivity index (χ0v) is 6.05. The van der Waals surface area contributed by atoms with Crippen LogP contribution in [-0.2, 0) is 0 Å². The molecule has 1 N–H and O–H groups in total. The van der Waals surface area contributed by atoms with E-state index in [-0.39, 0.29) is 0 Å². The molecule has 0 spiro atoms. The topological polar surface area (TPSA) is 12.0 Å². The lowest BCUT2D eigenvalue weighted by Gasteiger charge is -1.86. The minimum atomic E-state index is 0.699. The van der Waals surface area contributed by atoms with Gasteiger partial charge in [-0.25, -0.2) is 0 Å². The monoisotopic (exact) mass is 119 g/mol. The maximum atomic E-state index is 3.79. The highest BCUT2D eigenvalue weighted by Gasteiger charge is 1.63. The van der Waals surface area contributed by atoms with Gasteiger partial charge >= 0.3 is 0 Å². The van der Waals surface area contributed by atoms with Gasteiger partial charge in [0.2, 0.25) is 0 Å². The zero-order valence-electron chi connectivity index (χ0n) is 5.15. The van der Waals surface area contributed by atoms with Crippen LogP contribution in [0.5, 0.6) is 0 Å². The van der Waals surface area contributed by atoms with E-state index in [1.807, 2.05) is 13.8 Å². The molecule has 0 bridgehead atoms. The molecular weight excluding hydrogens is 106 g/mol. The molecule has 0 aromatic heterocycles. The van der Waals surface area contributed by atoms with E-state index in [1.165, 1.54) is 0 Å². The van der Waals surface area contributed by atoms with Crippen molar-refractivity contribution >= 4 is 12.6 Å². The molecule has 0 rings (SSSR count). The quantitative estimate of drug-likeness (QED) is 0.500. The smallest absolute Gasteiger partial charge is 0.0574 e. The van der Waals surface area contributed by atoms with Gasteiger partial charge in [-0.15, -0.1) is 12.6 Å². The summed E-state index contributed by atoms with van der Waals surface area (Å²) in [7, 11) is 1.77. The number of nitrogens with one attached hydrogen (secondary N) is 1. The summed E-state index contributed by atoms with van der Waals surface area (Å²) in [5.74, 6) is 0. The summed E-state index contributed by atoms with van der Waals surface area (Å²) in [6.07, 6.45) is 0. The first-order chi connectivity index (χ1) is 3.27. The van der Waals surface area contributed by atoms with Gasteiger partial charge in [0.25, 0.3) is 0 Å². The molecule has 0 radical (unpaired) electrons. The summed E-state index contributed by atoms with van der Waals surface area (Å²) in [4.78, 5) is 0. The molecule has 0 saturated heterocycles. The molecule has 0 aliphatic heterocycles. The normalized spacial score (nSPS) is 5.71. The van der Waals surface area contributed by atoms with Crippen molar-refractivity contribution in [3.63, 3.8) is 0 Å². The molecule has 0 atom stereocenters. The van der Waals surface area contributed by atoms with Crippen LogP contribution in [0.3, 0.4) is 0 Å². The highest BCUT2D eigenvalue weighted by atomic mass is 32.1. The third-order valence-electron chi connectivity index (χ3n) is 0.289. The van der Waals surface area contributed by atoms with Crippen LogP contribution in [0.4, 0.5) is 0 Å². The third kappa shape index (κ3) is 25.0. The molecule has 0 unspecified atom stereocenters. The Morgan fingerprint density at radius 1 is 1.57 bits per heavy atom. The van der Waals surface area contributed by atoms with Gasteiger partial charge in [0.15, 0.2) is 0 Å². The predicted octanol–water partition coefficient (Wildman–Crippen LogP) is 1.63. The maximum Gasteiger partial charge on any atom is 0.0574 e. The van der Waals surface area contributed by atoms with Crippen LogP contribution in [-0.4, -0.2) is 7.05 Å². The first-order valence-corrected chi connectivity index (χ1v) is 2.77. The van der Waals surface area contributed by atoms with Crippen LogP contribution in [0.25, 0.3) is 0 Å². The van der Waals surface area contributed by atoms with E-state index < -0.39 is 0 Å². The molecule has 0 aromatic rings. The molecule has 0 aliphatic carbocycles. The van der Waals surface area contributed by atoms with Gasteiger partial charge in [-0.2, -0.15) is 0 Å². The van der Waals surface area contributed by atoms with Crippen molar-refractivity contribution in [2.24, 2.45) is 0 Å². The average Bonchev–Trinajstić information content (AvgIpc) is 1.73. The molecule has 0 aromatic carbocycles. The summed E-state index contributed by atoms with van der Waals surface area (Å²) < 4.78 is 0. The maximum absolute atomic E-state index is 3.79. The Balaban J connectivity index is 0. The first-order valence-electron chi connectivity index (χ1n) is 2.33. The van der Waals surface area contributed by atoms with Gasteiger partial charge < -0.3 is 5.32 Å². The van der Waals surface area contributed by atoms with E-state index >= 15 is 0 Å². The highest BCUT2D eigenvalue weighted by molar-refractivity contribution is 7.84. The number of rotatable bonds is 1. The number of hydrogen-bond acceptors (Lipinski definition) is 2. The lowest BCUT2D eigenvalue weighted by atomic mass is 11.0. The second kappa shape index (κ2) is 9.31. The molecule has 0 fully saturated rings. The fourth-order valence-corrected chi connectivity index (χ4v) is 0. The van der Waals surface area contributed by atoms with Crippen LogP contribution in [0.15, 0.2) is 11.6 Å². The Hall–Kier alpha value is -0.110.